The third-order valence-corrected chi connectivity index (χ3v) is 1.47. The van der Waals surface area contributed by atoms with Crippen LogP contribution in [0.5, 0.6) is 0 Å². The number of hydrogen-bond acceptors (Lipinski definition) is 6. The first-order valence-electron chi connectivity index (χ1n) is 6.33. The molecule has 0 spiro atoms. The number of aromatic nitrogens is 2. The van der Waals surface area contributed by atoms with Crippen LogP contribution in [0, 0.1) is 0 Å². The molecule has 0 saturated heterocycles. The summed E-state index contributed by atoms with van der Waals surface area (Å²) in [7, 11) is 0. The number of pyridine rings is 2. The van der Waals surface area contributed by atoms with Gasteiger partial charge in [0.15, 0.2) is 0 Å². The molecule has 117 valence electrons. The minimum Gasteiger partial charge on any atom is -0.329 e. The average molecular weight is 379 g/mol. The van der Waals surface area contributed by atoms with Crippen molar-refractivity contribution >= 4 is 0 Å². The van der Waals surface area contributed by atoms with Crippen LogP contribution < -0.4 is 22.9 Å². The summed E-state index contributed by atoms with van der Waals surface area (Å²) in [6, 6.07) is 11.4. The van der Waals surface area contributed by atoms with Gasteiger partial charge in [-0.15, -0.1) is 0 Å². The quantitative estimate of drug-likeness (QED) is 0.542. The topological polar surface area (TPSA) is 130 Å². The molecular weight excluding hydrogens is 353 g/mol. The zero-order chi connectivity index (χ0) is 15.3. The molecule has 21 heavy (non-hydrogen) atoms. The van der Waals surface area contributed by atoms with E-state index < -0.39 is 0 Å². The van der Waals surface area contributed by atoms with E-state index in [0.29, 0.717) is 26.2 Å². The van der Waals surface area contributed by atoms with E-state index in [2.05, 4.69) is 9.97 Å². The van der Waals surface area contributed by atoms with Gasteiger partial charge in [0, 0.05) is 51.0 Å². The van der Waals surface area contributed by atoms with E-state index in [1.165, 1.54) is 0 Å². The van der Waals surface area contributed by atoms with Crippen molar-refractivity contribution in [3.8, 4) is 0 Å². The van der Waals surface area contributed by atoms with Crippen LogP contribution in [-0.2, 0) is 19.5 Å². The molecule has 0 fully saturated rings. The molecule has 2 heterocycles. The van der Waals surface area contributed by atoms with Crippen molar-refractivity contribution in [3.63, 3.8) is 0 Å². The smallest absolute Gasteiger partial charge is 0.329 e. The molecule has 7 heteroatoms. The van der Waals surface area contributed by atoms with Gasteiger partial charge in [0.05, 0.1) is 0 Å². The van der Waals surface area contributed by atoms with Gasteiger partial charge in [-0.2, -0.15) is 0 Å². The molecule has 0 unspecified atom stereocenters. The molecular formula is C14H26N6Ru+3. The summed E-state index contributed by atoms with van der Waals surface area (Å²) in [5.41, 5.74) is 19.6. The van der Waals surface area contributed by atoms with E-state index in [1.807, 2.05) is 36.4 Å². The molecule has 2 rings (SSSR count). The maximum atomic E-state index is 4.90. The third-order valence-electron chi connectivity index (χ3n) is 1.47. The molecule has 0 amide bonds. The molecule has 0 aliphatic carbocycles. The molecule has 0 aromatic carbocycles. The zero-order valence-corrected chi connectivity index (χ0v) is 13.9. The van der Waals surface area contributed by atoms with Crippen molar-refractivity contribution in [2.24, 2.45) is 22.9 Å². The first-order valence-corrected chi connectivity index (χ1v) is 6.33. The Kier molecular flexibility index (Phi) is 32.0. The second-order valence-electron chi connectivity index (χ2n) is 3.20. The van der Waals surface area contributed by atoms with Crippen LogP contribution in [0.2, 0.25) is 0 Å². The Balaban J connectivity index is -0.000000208. The van der Waals surface area contributed by atoms with Gasteiger partial charge in [-0.25, -0.2) is 0 Å². The molecule has 0 aliphatic heterocycles. The molecule has 6 nitrogen and oxygen atoms in total. The maximum absolute atomic E-state index is 4.90. The van der Waals surface area contributed by atoms with E-state index >= 15 is 0 Å². The molecule has 0 bridgehead atoms. The van der Waals surface area contributed by atoms with E-state index in [1.54, 1.807) is 24.8 Å². The summed E-state index contributed by atoms with van der Waals surface area (Å²) in [4.78, 5) is 7.57. The monoisotopic (exact) mass is 380 g/mol. The maximum Gasteiger partial charge on any atom is 3.00 e. The first kappa shape index (κ1) is 24.8. The van der Waals surface area contributed by atoms with E-state index in [4.69, 9.17) is 22.9 Å². The number of hydrogen-bond donors (Lipinski definition) is 4. The predicted octanol–water partition coefficient (Wildman–Crippen LogP) is -0.0317. The van der Waals surface area contributed by atoms with Crippen molar-refractivity contribution in [2.75, 3.05) is 26.2 Å². The minimum atomic E-state index is 0. The molecule has 1 radical (unpaired) electrons. The third kappa shape index (κ3) is 32.4. The Morgan fingerprint density at radius 1 is 0.476 bits per heavy atom. The number of nitrogens with two attached hydrogens (primary N) is 4. The van der Waals surface area contributed by atoms with Crippen molar-refractivity contribution in [3.05, 3.63) is 61.2 Å². The number of rotatable bonds is 2. The van der Waals surface area contributed by atoms with Crippen LogP contribution in [0.3, 0.4) is 0 Å². The first-order chi connectivity index (χ1) is 9.83. The van der Waals surface area contributed by atoms with Crippen LogP contribution in [0.15, 0.2) is 61.2 Å². The molecule has 0 atom stereocenters. The Morgan fingerprint density at radius 3 is 0.762 bits per heavy atom. The Morgan fingerprint density at radius 2 is 0.714 bits per heavy atom. The molecule has 2 aromatic rings. The number of nitrogens with zero attached hydrogens (tertiary/aromatic N) is 2. The van der Waals surface area contributed by atoms with Gasteiger partial charge in [-0.1, -0.05) is 12.1 Å². The molecule has 8 N–H and O–H groups in total. The second kappa shape index (κ2) is 27.2. The fourth-order valence-corrected chi connectivity index (χ4v) is 0.625. The van der Waals surface area contributed by atoms with Crippen molar-refractivity contribution in [1.29, 1.82) is 0 Å². The van der Waals surface area contributed by atoms with E-state index in [9.17, 15) is 0 Å². The SMILES string of the molecule is NCCN.NCCN.[Ru+3].c1ccncc1.c1ccncc1. The summed E-state index contributed by atoms with van der Waals surface area (Å²) in [5, 5.41) is 0. The van der Waals surface area contributed by atoms with Gasteiger partial charge in [0.2, 0.25) is 0 Å². The van der Waals surface area contributed by atoms with Gasteiger partial charge in [0.1, 0.15) is 0 Å². The fraction of sp³-hybridized carbons (Fsp3) is 0.286. The Labute approximate surface area is 140 Å². The van der Waals surface area contributed by atoms with Gasteiger partial charge in [-0.05, 0) is 24.3 Å². The predicted molar refractivity (Wildman–Crippen MR) is 84.7 cm³/mol. The Bertz CT molecular complexity index is 243. The summed E-state index contributed by atoms with van der Waals surface area (Å²) in [6.45, 7) is 2.39. The largest absolute Gasteiger partial charge is 3.00 e. The van der Waals surface area contributed by atoms with Crippen LogP contribution in [0.25, 0.3) is 0 Å². The summed E-state index contributed by atoms with van der Waals surface area (Å²) in [6.07, 6.45) is 7.00. The van der Waals surface area contributed by atoms with Gasteiger partial charge in [-0.3, -0.25) is 9.97 Å². The zero-order valence-electron chi connectivity index (χ0n) is 12.2. The summed E-state index contributed by atoms with van der Waals surface area (Å²) >= 11 is 0. The molecule has 0 aliphatic rings. The van der Waals surface area contributed by atoms with Crippen molar-refractivity contribution < 1.29 is 19.5 Å². The van der Waals surface area contributed by atoms with Crippen LogP contribution in [0.4, 0.5) is 0 Å². The van der Waals surface area contributed by atoms with Crippen LogP contribution >= 0.6 is 0 Å². The summed E-state index contributed by atoms with van der Waals surface area (Å²) in [5.74, 6) is 0. The summed E-state index contributed by atoms with van der Waals surface area (Å²) < 4.78 is 0. The fourth-order valence-electron chi connectivity index (χ4n) is 0.625. The Hall–Kier alpha value is -1.24. The van der Waals surface area contributed by atoms with E-state index in [0.717, 1.165) is 0 Å². The average Bonchev–Trinajstić information content (AvgIpc) is 2.59. The van der Waals surface area contributed by atoms with Gasteiger partial charge < -0.3 is 22.9 Å². The molecule has 0 saturated carbocycles. The van der Waals surface area contributed by atoms with Gasteiger partial charge in [0.25, 0.3) is 0 Å². The van der Waals surface area contributed by atoms with Crippen molar-refractivity contribution in [1.82, 2.24) is 9.97 Å². The normalized spacial score (nSPS) is 7.43. The van der Waals surface area contributed by atoms with Gasteiger partial charge >= 0.3 is 19.5 Å². The molecule has 2 aromatic heterocycles. The van der Waals surface area contributed by atoms with Crippen LogP contribution in [-0.4, -0.2) is 36.1 Å². The van der Waals surface area contributed by atoms with Crippen LogP contribution in [0.1, 0.15) is 0 Å². The second-order valence-corrected chi connectivity index (χ2v) is 3.20. The standard InChI is InChI=1S/2C5H5N.2C2H8N2.Ru/c2*1-2-4-6-5-3-1;2*3-1-2-4;/h2*1-5H;2*1-4H2;/q;;;;+3. The van der Waals surface area contributed by atoms with E-state index in [-0.39, 0.29) is 19.5 Å². The minimum absolute atomic E-state index is 0. The van der Waals surface area contributed by atoms with Crippen molar-refractivity contribution in [2.45, 2.75) is 0 Å².